The molecular weight excluding hydrogens is 530 g/mol. The Morgan fingerprint density at radius 2 is 1.50 bits per heavy atom. The Morgan fingerprint density at radius 3 is 2.15 bits per heavy atom. The molecular formula is C30H25N3O6S. The van der Waals surface area contributed by atoms with Crippen molar-refractivity contribution in [2.24, 2.45) is 0 Å². The number of rotatable bonds is 10. The minimum Gasteiger partial charge on any atom is -0.462 e. The quantitative estimate of drug-likeness (QED) is 0.0990. The SMILES string of the molecule is CCOC(=O)c1ccc(NC(=O)C(Sc2cccc(NC(=O)c3ccc([N+](=O)[O-])cc3)c2)c2ccccc2)cc1. The zero-order valence-electron chi connectivity index (χ0n) is 21.4. The summed E-state index contributed by atoms with van der Waals surface area (Å²) in [5.74, 6) is -1.11. The molecule has 0 saturated carbocycles. The number of nitrogens with one attached hydrogen (secondary N) is 2. The predicted octanol–water partition coefficient (Wildman–Crippen LogP) is 6.50. The lowest BCUT2D eigenvalue weighted by Gasteiger charge is -2.18. The van der Waals surface area contributed by atoms with Crippen LogP contribution in [0.15, 0.2) is 108 Å². The number of esters is 1. The van der Waals surface area contributed by atoms with E-state index in [4.69, 9.17) is 4.74 Å². The molecule has 0 spiro atoms. The maximum absolute atomic E-state index is 13.4. The second-order valence-electron chi connectivity index (χ2n) is 8.48. The van der Waals surface area contributed by atoms with Gasteiger partial charge >= 0.3 is 5.97 Å². The molecule has 0 heterocycles. The Labute approximate surface area is 234 Å². The Balaban J connectivity index is 1.49. The van der Waals surface area contributed by atoms with Crippen molar-refractivity contribution in [1.82, 2.24) is 0 Å². The molecule has 2 N–H and O–H groups in total. The van der Waals surface area contributed by atoms with E-state index in [9.17, 15) is 24.5 Å². The summed E-state index contributed by atoms with van der Waals surface area (Å²) in [5, 5.41) is 16.0. The van der Waals surface area contributed by atoms with Crippen molar-refractivity contribution in [3.05, 3.63) is 130 Å². The number of ether oxygens (including phenoxy) is 1. The number of amides is 2. The average Bonchev–Trinajstić information content (AvgIpc) is 2.97. The van der Waals surface area contributed by atoms with Crippen LogP contribution in [0.25, 0.3) is 0 Å². The fourth-order valence-electron chi connectivity index (χ4n) is 3.73. The molecule has 0 radical (unpaired) electrons. The molecule has 1 unspecified atom stereocenters. The van der Waals surface area contributed by atoms with E-state index in [1.165, 1.54) is 36.0 Å². The lowest BCUT2D eigenvalue weighted by molar-refractivity contribution is -0.384. The summed E-state index contributed by atoms with van der Waals surface area (Å²) < 4.78 is 5.00. The van der Waals surface area contributed by atoms with Crippen molar-refractivity contribution in [2.45, 2.75) is 17.1 Å². The maximum Gasteiger partial charge on any atom is 0.338 e. The molecule has 0 aliphatic heterocycles. The molecule has 2 amide bonds. The molecule has 4 aromatic carbocycles. The summed E-state index contributed by atoms with van der Waals surface area (Å²) in [6.07, 6.45) is 0. The Hall–Kier alpha value is -4.96. The van der Waals surface area contributed by atoms with Gasteiger partial charge in [0.1, 0.15) is 5.25 Å². The van der Waals surface area contributed by atoms with Gasteiger partial charge < -0.3 is 15.4 Å². The van der Waals surface area contributed by atoms with Crippen LogP contribution in [-0.4, -0.2) is 29.3 Å². The van der Waals surface area contributed by atoms with Gasteiger partial charge in [-0.15, -0.1) is 11.8 Å². The van der Waals surface area contributed by atoms with Gasteiger partial charge in [-0.25, -0.2) is 4.79 Å². The Bertz CT molecular complexity index is 1510. The monoisotopic (exact) mass is 555 g/mol. The highest BCUT2D eigenvalue weighted by Gasteiger charge is 2.23. The fraction of sp³-hybridized carbons (Fsp3) is 0.100. The minimum absolute atomic E-state index is 0.102. The second-order valence-corrected chi connectivity index (χ2v) is 9.66. The van der Waals surface area contributed by atoms with Crippen LogP contribution < -0.4 is 10.6 Å². The number of nitro benzene ring substituents is 1. The van der Waals surface area contributed by atoms with E-state index >= 15 is 0 Å². The normalized spacial score (nSPS) is 11.2. The number of non-ortho nitro benzene ring substituents is 1. The zero-order chi connectivity index (χ0) is 28.5. The van der Waals surface area contributed by atoms with Gasteiger partial charge in [0.25, 0.3) is 11.6 Å². The number of anilines is 2. The van der Waals surface area contributed by atoms with Crippen LogP contribution in [0.4, 0.5) is 17.1 Å². The highest BCUT2D eigenvalue weighted by molar-refractivity contribution is 8.00. The lowest BCUT2D eigenvalue weighted by atomic mass is 10.1. The molecule has 0 saturated heterocycles. The molecule has 0 fully saturated rings. The Kier molecular flexibility index (Phi) is 9.27. The van der Waals surface area contributed by atoms with Gasteiger partial charge in [-0.1, -0.05) is 36.4 Å². The lowest BCUT2D eigenvalue weighted by Crippen LogP contribution is -2.19. The van der Waals surface area contributed by atoms with E-state index in [-0.39, 0.29) is 23.8 Å². The first-order valence-corrected chi connectivity index (χ1v) is 13.2. The topological polar surface area (TPSA) is 128 Å². The Morgan fingerprint density at radius 1 is 0.825 bits per heavy atom. The van der Waals surface area contributed by atoms with Gasteiger partial charge in [-0.2, -0.15) is 0 Å². The van der Waals surface area contributed by atoms with Gasteiger partial charge in [-0.05, 0) is 67.1 Å². The molecule has 10 heteroatoms. The molecule has 0 aliphatic carbocycles. The highest BCUT2D eigenvalue weighted by Crippen LogP contribution is 2.37. The summed E-state index contributed by atoms with van der Waals surface area (Å²) in [7, 11) is 0. The van der Waals surface area contributed by atoms with Gasteiger partial charge in [0.15, 0.2) is 0 Å². The van der Waals surface area contributed by atoms with Gasteiger partial charge in [0, 0.05) is 34.0 Å². The summed E-state index contributed by atoms with van der Waals surface area (Å²) in [6.45, 7) is 2.01. The molecule has 0 aromatic heterocycles. The molecule has 202 valence electrons. The second kappa shape index (κ2) is 13.2. The molecule has 0 aliphatic rings. The molecule has 9 nitrogen and oxygen atoms in total. The molecule has 1 atom stereocenters. The third-order valence-corrected chi connectivity index (χ3v) is 6.94. The number of carbonyl (C=O) groups is 3. The molecule has 4 aromatic rings. The van der Waals surface area contributed by atoms with Crippen molar-refractivity contribution in [3.8, 4) is 0 Å². The first kappa shape index (κ1) is 28.1. The molecule has 0 bridgehead atoms. The first-order valence-electron chi connectivity index (χ1n) is 12.3. The van der Waals surface area contributed by atoms with Crippen LogP contribution in [0.5, 0.6) is 0 Å². The number of nitrogens with zero attached hydrogens (tertiary/aromatic N) is 1. The number of benzene rings is 4. The van der Waals surface area contributed by atoms with Gasteiger partial charge in [0.2, 0.25) is 5.91 Å². The van der Waals surface area contributed by atoms with Crippen LogP contribution in [0, 0.1) is 10.1 Å². The largest absolute Gasteiger partial charge is 0.462 e. The third kappa shape index (κ3) is 7.33. The summed E-state index contributed by atoms with van der Waals surface area (Å²) >= 11 is 1.31. The fourth-order valence-corrected chi connectivity index (χ4v) is 4.82. The van der Waals surface area contributed by atoms with E-state index in [2.05, 4.69) is 10.6 Å². The summed E-state index contributed by atoms with van der Waals surface area (Å²) in [6, 6.07) is 28.2. The van der Waals surface area contributed by atoms with E-state index in [0.29, 0.717) is 16.9 Å². The summed E-state index contributed by atoms with van der Waals surface area (Å²) in [4.78, 5) is 49.1. The summed E-state index contributed by atoms with van der Waals surface area (Å²) in [5.41, 5.74) is 2.39. The molecule has 40 heavy (non-hydrogen) atoms. The van der Waals surface area contributed by atoms with E-state index in [0.717, 1.165) is 10.5 Å². The van der Waals surface area contributed by atoms with Crippen molar-refractivity contribution in [2.75, 3.05) is 17.2 Å². The van der Waals surface area contributed by atoms with Crippen molar-refractivity contribution in [1.29, 1.82) is 0 Å². The van der Waals surface area contributed by atoms with Crippen molar-refractivity contribution < 1.29 is 24.0 Å². The number of hydrogen-bond donors (Lipinski definition) is 2. The highest BCUT2D eigenvalue weighted by atomic mass is 32.2. The van der Waals surface area contributed by atoms with Crippen molar-refractivity contribution in [3.63, 3.8) is 0 Å². The maximum atomic E-state index is 13.4. The number of carbonyl (C=O) groups excluding carboxylic acids is 3. The predicted molar refractivity (Wildman–Crippen MR) is 154 cm³/mol. The van der Waals surface area contributed by atoms with Gasteiger partial charge in [0.05, 0.1) is 17.1 Å². The van der Waals surface area contributed by atoms with E-state index in [1.54, 1.807) is 49.4 Å². The van der Waals surface area contributed by atoms with Crippen molar-refractivity contribution >= 4 is 46.6 Å². The number of thioether (sulfide) groups is 1. The third-order valence-electron chi connectivity index (χ3n) is 5.69. The van der Waals surface area contributed by atoms with Crippen LogP contribution in [0.3, 0.4) is 0 Å². The standard InChI is InChI=1S/C30H25N3O6S/c1-2-39-30(36)22-11-15-23(16-12-22)31-29(35)27(20-7-4-3-5-8-20)40-26-10-6-9-24(19-26)32-28(34)21-13-17-25(18-14-21)33(37)38/h3-19,27H,2H2,1H3,(H,31,35)(H,32,34). The smallest absolute Gasteiger partial charge is 0.338 e. The number of hydrogen-bond acceptors (Lipinski definition) is 7. The zero-order valence-corrected chi connectivity index (χ0v) is 22.2. The van der Waals surface area contributed by atoms with Gasteiger partial charge in [-0.3, -0.25) is 19.7 Å². The van der Waals surface area contributed by atoms with Crippen LogP contribution in [-0.2, 0) is 9.53 Å². The van der Waals surface area contributed by atoms with E-state index < -0.39 is 22.0 Å². The number of nitro groups is 1. The van der Waals surface area contributed by atoms with E-state index in [1.807, 2.05) is 36.4 Å². The minimum atomic E-state index is -0.619. The average molecular weight is 556 g/mol. The van der Waals surface area contributed by atoms with Crippen LogP contribution in [0.1, 0.15) is 38.5 Å². The molecule has 4 rings (SSSR count). The van der Waals surface area contributed by atoms with Crippen LogP contribution in [0.2, 0.25) is 0 Å². The van der Waals surface area contributed by atoms with Crippen LogP contribution >= 0.6 is 11.8 Å². The first-order chi connectivity index (χ1) is 19.3.